The van der Waals surface area contributed by atoms with Gasteiger partial charge in [0, 0.05) is 17.4 Å². The monoisotopic (exact) mass is 358 g/mol. The van der Waals surface area contributed by atoms with E-state index < -0.39 is 0 Å². The third-order valence-corrected chi connectivity index (χ3v) is 4.32. The number of benzene rings is 2. The summed E-state index contributed by atoms with van der Waals surface area (Å²) in [7, 11) is 0. The fourth-order valence-corrected chi connectivity index (χ4v) is 2.85. The molecule has 0 aliphatic heterocycles. The van der Waals surface area contributed by atoms with Gasteiger partial charge in [0.05, 0.1) is 5.52 Å². The lowest BCUT2D eigenvalue weighted by atomic mass is 10.00. The van der Waals surface area contributed by atoms with E-state index in [4.69, 9.17) is 5.26 Å². The Morgan fingerprint density at radius 2 is 1.89 bits per heavy atom. The number of nitrogens with one attached hydrogen (secondary N) is 2. The van der Waals surface area contributed by atoms with E-state index in [1.165, 1.54) is 12.1 Å². The van der Waals surface area contributed by atoms with Crippen molar-refractivity contribution in [3.05, 3.63) is 77.5 Å². The fraction of sp³-hybridized carbons (Fsp3) is 0.100. The summed E-state index contributed by atoms with van der Waals surface area (Å²) in [5.74, 6) is 1.30. The van der Waals surface area contributed by atoms with Gasteiger partial charge in [-0.15, -0.1) is 0 Å². The predicted octanol–water partition coefficient (Wildman–Crippen LogP) is 4.26. The molecule has 0 amide bonds. The van der Waals surface area contributed by atoms with E-state index in [-0.39, 0.29) is 11.7 Å². The molecule has 2 heterocycles. The second kappa shape index (κ2) is 6.84. The van der Waals surface area contributed by atoms with Crippen molar-refractivity contribution in [1.29, 1.82) is 5.26 Å². The minimum absolute atomic E-state index is 0.121. The lowest BCUT2D eigenvalue weighted by Gasteiger charge is -2.14. The number of aromatic amines is 1. The standard InChI is InChI=1S/C20H15FN6/c1-12(13-6-8-14(21)9-7-13)19-23-17-5-3-2-4-16(17)20(25-19)24-18-10-15(11-22)26-27-18/h2-10,12H,1H3,(H2,23,24,25,26,27). The van der Waals surface area contributed by atoms with Crippen LogP contribution < -0.4 is 5.32 Å². The number of anilines is 2. The van der Waals surface area contributed by atoms with E-state index in [0.717, 1.165) is 16.5 Å². The highest BCUT2D eigenvalue weighted by Gasteiger charge is 2.16. The van der Waals surface area contributed by atoms with Gasteiger partial charge in [-0.2, -0.15) is 10.4 Å². The number of rotatable bonds is 4. The summed E-state index contributed by atoms with van der Waals surface area (Å²) in [6, 6.07) is 17.6. The van der Waals surface area contributed by atoms with Gasteiger partial charge in [0.25, 0.3) is 0 Å². The zero-order chi connectivity index (χ0) is 18.8. The van der Waals surface area contributed by atoms with Crippen molar-refractivity contribution in [1.82, 2.24) is 20.2 Å². The zero-order valence-corrected chi connectivity index (χ0v) is 14.4. The van der Waals surface area contributed by atoms with E-state index in [0.29, 0.717) is 23.2 Å². The Balaban J connectivity index is 1.78. The molecular weight excluding hydrogens is 343 g/mol. The van der Waals surface area contributed by atoms with Crippen LogP contribution in [-0.4, -0.2) is 20.2 Å². The van der Waals surface area contributed by atoms with Crippen LogP contribution in [0.15, 0.2) is 54.6 Å². The number of fused-ring (bicyclic) bond motifs is 1. The van der Waals surface area contributed by atoms with Crippen molar-refractivity contribution in [2.24, 2.45) is 0 Å². The predicted molar refractivity (Wildman–Crippen MR) is 100 cm³/mol. The highest BCUT2D eigenvalue weighted by atomic mass is 19.1. The number of para-hydroxylation sites is 1. The molecular formula is C20H15FN6. The number of hydrogen-bond donors (Lipinski definition) is 2. The highest BCUT2D eigenvalue weighted by molar-refractivity contribution is 5.90. The highest BCUT2D eigenvalue weighted by Crippen LogP contribution is 2.28. The third kappa shape index (κ3) is 3.33. The average molecular weight is 358 g/mol. The molecule has 7 heteroatoms. The Hall–Kier alpha value is -3.79. The van der Waals surface area contributed by atoms with Gasteiger partial charge >= 0.3 is 0 Å². The summed E-state index contributed by atoms with van der Waals surface area (Å²) in [5.41, 5.74) is 2.06. The van der Waals surface area contributed by atoms with E-state index in [1.807, 2.05) is 37.3 Å². The van der Waals surface area contributed by atoms with Crippen LogP contribution in [0.5, 0.6) is 0 Å². The quantitative estimate of drug-likeness (QED) is 0.569. The average Bonchev–Trinajstić information content (AvgIpc) is 3.15. The Morgan fingerprint density at radius 3 is 2.63 bits per heavy atom. The minimum atomic E-state index is -0.278. The lowest BCUT2D eigenvalue weighted by molar-refractivity contribution is 0.626. The molecule has 0 radical (unpaired) electrons. The second-order valence-corrected chi connectivity index (χ2v) is 6.12. The minimum Gasteiger partial charge on any atom is -0.323 e. The van der Waals surface area contributed by atoms with Crippen molar-refractivity contribution in [2.75, 3.05) is 5.32 Å². The van der Waals surface area contributed by atoms with Gasteiger partial charge in [0.1, 0.15) is 29.2 Å². The van der Waals surface area contributed by atoms with Crippen LogP contribution in [0.3, 0.4) is 0 Å². The normalized spacial score (nSPS) is 11.9. The first-order chi connectivity index (χ1) is 13.1. The molecule has 0 fully saturated rings. The van der Waals surface area contributed by atoms with Gasteiger partial charge < -0.3 is 5.32 Å². The van der Waals surface area contributed by atoms with Gasteiger partial charge in [-0.25, -0.2) is 14.4 Å². The van der Waals surface area contributed by atoms with Crippen LogP contribution >= 0.6 is 0 Å². The van der Waals surface area contributed by atoms with Crippen LogP contribution in [0.2, 0.25) is 0 Å². The molecule has 0 aliphatic carbocycles. The summed E-state index contributed by atoms with van der Waals surface area (Å²) < 4.78 is 13.2. The molecule has 132 valence electrons. The maximum absolute atomic E-state index is 13.2. The van der Waals surface area contributed by atoms with E-state index in [1.54, 1.807) is 18.2 Å². The molecule has 1 unspecified atom stereocenters. The van der Waals surface area contributed by atoms with Crippen molar-refractivity contribution in [2.45, 2.75) is 12.8 Å². The number of H-pyrrole nitrogens is 1. The van der Waals surface area contributed by atoms with Crippen molar-refractivity contribution >= 4 is 22.5 Å². The van der Waals surface area contributed by atoms with E-state index in [2.05, 4.69) is 25.5 Å². The first kappa shape index (κ1) is 16.7. The maximum atomic E-state index is 13.2. The fourth-order valence-electron chi connectivity index (χ4n) is 2.85. The molecule has 2 aromatic heterocycles. The van der Waals surface area contributed by atoms with Crippen LogP contribution in [0.4, 0.5) is 16.0 Å². The molecule has 0 bridgehead atoms. The van der Waals surface area contributed by atoms with E-state index >= 15 is 0 Å². The zero-order valence-electron chi connectivity index (χ0n) is 14.4. The van der Waals surface area contributed by atoms with Crippen LogP contribution in [0.25, 0.3) is 10.9 Å². The molecule has 27 heavy (non-hydrogen) atoms. The summed E-state index contributed by atoms with van der Waals surface area (Å²) >= 11 is 0. The third-order valence-electron chi connectivity index (χ3n) is 4.32. The smallest absolute Gasteiger partial charge is 0.154 e. The molecule has 2 N–H and O–H groups in total. The Kier molecular flexibility index (Phi) is 4.22. The summed E-state index contributed by atoms with van der Waals surface area (Å²) in [5, 5.41) is 19.7. The van der Waals surface area contributed by atoms with Crippen molar-refractivity contribution in [3.63, 3.8) is 0 Å². The Labute approximate surface area is 154 Å². The van der Waals surface area contributed by atoms with Crippen LogP contribution in [0, 0.1) is 17.1 Å². The second-order valence-electron chi connectivity index (χ2n) is 6.12. The van der Waals surface area contributed by atoms with Gasteiger partial charge in [0.2, 0.25) is 0 Å². The molecule has 1 atom stereocenters. The summed E-state index contributed by atoms with van der Waals surface area (Å²) in [6.45, 7) is 1.98. The van der Waals surface area contributed by atoms with Crippen molar-refractivity contribution in [3.8, 4) is 6.07 Å². The lowest BCUT2D eigenvalue weighted by Crippen LogP contribution is -2.06. The molecule has 0 spiro atoms. The number of nitrogens with zero attached hydrogens (tertiary/aromatic N) is 4. The molecule has 4 aromatic rings. The molecule has 0 saturated heterocycles. The SMILES string of the molecule is CC(c1ccc(F)cc1)c1nc(Nc2cc(C#N)[nH]n2)c2ccccc2n1. The Bertz CT molecular complexity index is 1140. The number of hydrogen-bond acceptors (Lipinski definition) is 5. The molecule has 4 rings (SSSR count). The Morgan fingerprint density at radius 1 is 1.11 bits per heavy atom. The van der Waals surface area contributed by atoms with Crippen LogP contribution in [0.1, 0.15) is 29.9 Å². The van der Waals surface area contributed by atoms with Crippen LogP contribution in [-0.2, 0) is 0 Å². The van der Waals surface area contributed by atoms with Gasteiger partial charge in [-0.05, 0) is 29.8 Å². The first-order valence-corrected chi connectivity index (χ1v) is 8.38. The number of aromatic nitrogens is 4. The largest absolute Gasteiger partial charge is 0.323 e. The molecule has 0 saturated carbocycles. The molecule has 6 nitrogen and oxygen atoms in total. The van der Waals surface area contributed by atoms with Gasteiger partial charge in [0.15, 0.2) is 5.82 Å². The van der Waals surface area contributed by atoms with Gasteiger partial charge in [-0.3, -0.25) is 5.10 Å². The number of nitriles is 1. The van der Waals surface area contributed by atoms with Crippen molar-refractivity contribution < 1.29 is 4.39 Å². The summed E-state index contributed by atoms with van der Waals surface area (Å²) in [4.78, 5) is 9.35. The summed E-state index contributed by atoms with van der Waals surface area (Å²) in [6.07, 6.45) is 0. The maximum Gasteiger partial charge on any atom is 0.154 e. The topological polar surface area (TPSA) is 90.3 Å². The van der Waals surface area contributed by atoms with E-state index in [9.17, 15) is 4.39 Å². The molecule has 2 aromatic carbocycles. The molecule has 0 aliphatic rings. The number of halogens is 1. The first-order valence-electron chi connectivity index (χ1n) is 8.38. The van der Waals surface area contributed by atoms with Gasteiger partial charge in [-0.1, -0.05) is 31.2 Å².